The second-order valence-electron chi connectivity index (χ2n) is 10.0. The zero-order chi connectivity index (χ0) is 26.9. The van der Waals surface area contributed by atoms with Crippen molar-refractivity contribution in [2.24, 2.45) is 0 Å². The molecule has 0 saturated heterocycles. The number of thioether (sulfide) groups is 1. The Balaban J connectivity index is 1.30. The molecule has 3 amide bonds. The number of H-pyrrole nitrogens is 1. The lowest BCUT2D eigenvalue weighted by Gasteiger charge is -2.37. The standard InChI is InChI=1S/C31H30N4O3S/c1-39-16-15-25(29(36)32-18-19-9-3-2-4-10-19)34-30(37)26-17-23-20-11-7-8-14-24(20)33-27(23)28-21-12-5-6-13-22(21)31(38)35(26)28/h2-14,25-26,28,33H,15-18H2,1H3,(H,32,36)(H,34,37). The number of hydrogen-bond donors (Lipinski definition) is 3. The number of benzene rings is 3. The summed E-state index contributed by atoms with van der Waals surface area (Å²) in [6.07, 6.45) is 2.85. The molecule has 3 aromatic carbocycles. The third-order valence-corrected chi connectivity index (χ3v) is 8.35. The summed E-state index contributed by atoms with van der Waals surface area (Å²) < 4.78 is 0. The summed E-state index contributed by atoms with van der Waals surface area (Å²) in [4.78, 5) is 46.1. The first kappa shape index (κ1) is 25.2. The third kappa shape index (κ3) is 4.59. The van der Waals surface area contributed by atoms with Crippen molar-refractivity contribution in [3.63, 3.8) is 0 Å². The fraction of sp³-hybridized carbons (Fsp3) is 0.258. The monoisotopic (exact) mass is 538 g/mol. The highest BCUT2D eigenvalue weighted by atomic mass is 32.2. The summed E-state index contributed by atoms with van der Waals surface area (Å²) in [6.45, 7) is 0.384. The Kier molecular flexibility index (Phi) is 6.87. The maximum absolute atomic E-state index is 14.0. The van der Waals surface area contributed by atoms with Gasteiger partial charge in [-0.25, -0.2) is 0 Å². The molecule has 0 radical (unpaired) electrons. The number of carbonyl (C=O) groups excluding carboxylic acids is 3. The molecule has 2 aliphatic rings. The van der Waals surface area contributed by atoms with Crippen molar-refractivity contribution in [1.82, 2.24) is 20.5 Å². The Labute approximate surface area is 231 Å². The summed E-state index contributed by atoms with van der Waals surface area (Å²) in [5, 5.41) is 7.05. The molecule has 0 fully saturated rings. The van der Waals surface area contributed by atoms with Gasteiger partial charge in [-0.2, -0.15) is 11.8 Å². The Hall–Kier alpha value is -4.04. The maximum atomic E-state index is 14.0. The molecular weight excluding hydrogens is 508 g/mol. The molecule has 8 heteroatoms. The van der Waals surface area contributed by atoms with Crippen LogP contribution in [0.1, 0.15) is 45.2 Å². The first-order valence-electron chi connectivity index (χ1n) is 13.2. The van der Waals surface area contributed by atoms with Gasteiger partial charge in [0.05, 0.1) is 6.04 Å². The zero-order valence-electron chi connectivity index (χ0n) is 21.6. The third-order valence-electron chi connectivity index (χ3n) is 7.71. The zero-order valence-corrected chi connectivity index (χ0v) is 22.5. The number of hydrogen-bond acceptors (Lipinski definition) is 4. The van der Waals surface area contributed by atoms with Crippen molar-refractivity contribution in [2.45, 2.75) is 37.5 Å². The second kappa shape index (κ2) is 10.6. The molecule has 1 aromatic heterocycles. The lowest BCUT2D eigenvalue weighted by atomic mass is 9.89. The van der Waals surface area contributed by atoms with E-state index in [9.17, 15) is 14.4 Å². The van der Waals surface area contributed by atoms with Crippen LogP contribution in [-0.2, 0) is 22.6 Å². The van der Waals surface area contributed by atoms with Crippen molar-refractivity contribution in [3.8, 4) is 0 Å². The predicted octanol–water partition coefficient (Wildman–Crippen LogP) is 4.19. The number of rotatable bonds is 8. The fourth-order valence-corrected chi connectivity index (χ4v) is 6.29. The number of para-hydroxylation sites is 1. The molecule has 3 heterocycles. The van der Waals surface area contributed by atoms with Gasteiger partial charge in [0.2, 0.25) is 11.8 Å². The van der Waals surface area contributed by atoms with Gasteiger partial charge in [0.15, 0.2) is 0 Å². The number of aromatic amines is 1. The van der Waals surface area contributed by atoms with Gasteiger partial charge in [-0.1, -0.05) is 66.7 Å². The second-order valence-corrected chi connectivity index (χ2v) is 11.0. The summed E-state index contributed by atoms with van der Waals surface area (Å²) >= 11 is 1.63. The number of nitrogens with zero attached hydrogens (tertiary/aromatic N) is 1. The SMILES string of the molecule is CSCCC(NC(=O)C1Cc2c([nH]c3ccccc23)C2c3ccccc3C(=O)N12)C(=O)NCc1ccccc1. The minimum Gasteiger partial charge on any atom is -0.356 e. The first-order chi connectivity index (χ1) is 19.1. The largest absolute Gasteiger partial charge is 0.356 e. The molecule has 6 rings (SSSR count). The van der Waals surface area contributed by atoms with Gasteiger partial charge < -0.3 is 20.5 Å². The normalized spacial score (nSPS) is 18.3. The minimum atomic E-state index is -0.736. The van der Waals surface area contributed by atoms with Gasteiger partial charge in [-0.05, 0) is 47.3 Å². The van der Waals surface area contributed by atoms with E-state index in [-0.39, 0.29) is 23.8 Å². The number of fused-ring (bicyclic) bond motifs is 7. The number of aromatic nitrogens is 1. The van der Waals surface area contributed by atoms with Crippen molar-refractivity contribution < 1.29 is 14.4 Å². The molecule has 198 valence electrons. The van der Waals surface area contributed by atoms with Crippen LogP contribution < -0.4 is 10.6 Å². The molecule has 3 unspecified atom stereocenters. The molecule has 7 nitrogen and oxygen atoms in total. The molecule has 3 atom stereocenters. The van der Waals surface area contributed by atoms with Crippen LogP contribution >= 0.6 is 11.8 Å². The van der Waals surface area contributed by atoms with Crippen molar-refractivity contribution in [2.75, 3.05) is 12.0 Å². The molecule has 2 aliphatic heterocycles. The summed E-state index contributed by atoms with van der Waals surface area (Å²) in [5.41, 5.74) is 5.49. The smallest absolute Gasteiger partial charge is 0.255 e. The highest BCUT2D eigenvalue weighted by Crippen LogP contribution is 2.46. The molecule has 0 aliphatic carbocycles. The summed E-state index contributed by atoms with van der Waals surface area (Å²) in [6, 6.07) is 23.5. The lowest BCUT2D eigenvalue weighted by molar-refractivity contribution is -0.132. The topological polar surface area (TPSA) is 94.3 Å². The average molecular weight is 539 g/mol. The number of amides is 3. The molecule has 0 spiro atoms. The Bertz CT molecular complexity index is 1550. The first-order valence-corrected chi connectivity index (χ1v) is 14.6. The Morgan fingerprint density at radius 1 is 1.03 bits per heavy atom. The van der Waals surface area contributed by atoms with E-state index < -0.39 is 12.1 Å². The van der Waals surface area contributed by atoms with E-state index in [1.54, 1.807) is 16.7 Å². The van der Waals surface area contributed by atoms with Gasteiger partial charge in [-0.15, -0.1) is 0 Å². The number of nitrogens with one attached hydrogen (secondary N) is 3. The van der Waals surface area contributed by atoms with Crippen LogP contribution in [0.2, 0.25) is 0 Å². The van der Waals surface area contributed by atoms with Gasteiger partial charge >= 0.3 is 0 Å². The molecule has 3 N–H and O–H groups in total. The lowest BCUT2D eigenvalue weighted by Crippen LogP contribution is -2.56. The minimum absolute atomic E-state index is 0.158. The molecule has 0 saturated carbocycles. The highest BCUT2D eigenvalue weighted by Gasteiger charge is 2.49. The summed E-state index contributed by atoms with van der Waals surface area (Å²) in [5.74, 6) is 0.0299. The molecule has 0 bridgehead atoms. The van der Waals surface area contributed by atoms with Crippen LogP contribution in [0.25, 0.3) is 10.9 Å². The average Bonchev–Trinajstić information content (AvgIpc) is 3.49. The summed E-state index contributed by atoms with van der Waals surface area (Å²) in [7, 11) is 0. The molecular formula is C31H30N4O3S. The van der Waals surface area contributed by atoms with Crippen LogP contribution in [0, 0.1) is 0 Å². The van der Waals surface area contributed by atoms with Gasteiger partial charge in [0, 0.05) is 35.1 Å². The Morgan fingerprint density at radius 3 is 2.59 bits per heavy atom. The van der Waals surface area contributed by atoms with Crippen LogP contribution in [0.5, 0.6) is 0 Å². The van der Waals surface area contributed by atoms with E-state index in [0.717, 1.165) is 39.0 Å². The van der Waals surface area contributed by atoms with E-state index in [1.807, 2.05) is 79.1 Å². The quantitative estimate of drug-likeness (QED) is 0.314. The van der Waals surface area contributed by atoms with Crippen LogP contribution in [-0.4, -0.2) is 51.7 Å². The van der Waals surface area contributed by atoms with Crippen LogP contribution in [0.3, 0.4) is 0 Å². The van der Waals surface area contributed by atoms with Crippen molar-refractivity contribution in [3.05, 3.63) is 107 Å². The number of carbonyl (C=O) groups is 3. The highest BCUT2D eigenvalue weighted by molar-refractivity contribution is 7.98. The van der Waals surface area contributed by atoms with E-state index in [2.05, 4.69) is 21.7 Å². The van der Waals surface area contributed by atoms with Gasteiger partial charge in [-0.3, -0.25) is 14.4 Å². The maximum Gasteiger partial charge on any atom is 0.255 e. The van der Waals surface area contributed by atoms with E-state index in [0.29, 0.717) is 24.9 Å². The van der Waals surface area contributed by atoms with E-state index in [4.69, 9.17) is 0 Å². The fourth-order valence-electron chi connectivity index (χ4n) is 5.82. The Morgan fingerprint density at radius 2 is 1.77 bits per heavy atom. The molecule has 4 aromatic rings. The van der Waals surface area contributed by atoms with E-state index in [1.165, 1.54) is 0 Å². The van der Waals surface area contributed by atoms with Crippen molar-refractivity contribution >= 4 is 40.4 Å². The van der Waals surface area contributed by atoms with Crippen molar-refractivity contribution in [1.29, 1.82) is 0 Å². The van der Waals surface area contributed by atoms with Crippen LogP contribution in [0.4, 0.5) is 0 Å². The van der Waals surface area contributed by atoms with E-state index >= 15 is 0 Å². The van der Waals surface area contributed by atoms with Gasteiger partial charge in [0.25, 0.3) is 5.91 Å². The molecule has 39 heavy (non-hydrogen) atoms. The predicted molar refractivity (Wildman–Crippen MR) is 153 cm³/mol. The van der Waals surface area contributed by atoms with Crippen LogP contribution in [0.15, 0.2) is 78.9 Å². The van der Waals surface area contributed by atoms with Gasteiger partial charge in [0.1, 0.15) is 12.1 Å².